The van der Waals surface area contributed by atoms with Gasteiger partial charge >= 0.3 is 0 Å². The molecule has 3 heteroatoms. The molecule has 0 amide bonds. The van der Waals surface area contributed by atoms with Gasteiger partial charge in [0, 0.05) is 10.1 Å². The lowest BCUT2D eigenvalue weighted by Crippen LogP contribution is -2.26. The molecule has 1 fully saturated rings. The number of thioether (sulfide) groups is 1. The summed E-state index contributed by atoms with van der Waals surface area (Å²) < 4.78 is 5.20. The first-order valence-corrected chi connectivity index (χ1v) is 6.66. The average molecular weight is 238 g/mol. The van der Waals surface area contributed by atoms with Crippen LogP contribution in [0.2, 0.25) is 0 Å². The van der Waals surface area contributed by atoms with Crippen LogP contribution in [0.3, 0.4) is 0 Å². The molecule has 0 aromatic heterocycles. The van der Waals surface area contributed by atoms with E-state index in [1.54, 1.807) is 18.9 Å². The minimum Gasteiger partial charge on any atom is -0.497 e. The highest BCUT2D eigenvalue weighted by Gasteiger charge is 2.23. The molecule has 1 aromatic rings. The second-order valence-electron chi connectivity index (χ2n) is 4.19. The molecular formula is C13H18O2S. The lowest BCUT2D eigenvalue weighted by molar-refractivity contribution is 0.137. The van der Waals surface area contributed by atoms with Crippen LogP contribution in [0.1, 0.15) is 25.7 Å². The first-order valence-electron chi connectivity index (χ1n) is 5.78. The topological polar surface area (TPSA) is 29.5 Å². The lowest BCUT2D eigenvalue weighted by atomic mass is 9.97. The van der Waals surface area contributed by atoms with Crippen LogP contribution in [0.5, 0.6) is 5.75 Å². The van der Waals surface area contributed by atoms with E-state index in [0.717, 1.165) is 25.0 Å². The van der Waals surface area contributed by atoms with Crippen molar-refractivity contribution in [3.8, 4) is 5.75 Å². The van der Waals surface area contributed by atoms with Crippen molar-refractivity contribution in [1.29, 1.82) is 0 Å². The van der Waals surface area contributed by atoms with Gasteiger partial charge in [0.05, 0.1) is 13.2 Å². The summed E-state index contributed by atoms with van der Waals surface area (Å²) in [6.07, 6.45) is 4.31. The standard InChI is InChI=1S/C13H18O2S/c1-15-10-5-4-6-11(9-10)16-13-8-3-2-7-12(13)14/h4-6,9,12-14H,2-3,7-8H2,1H3/t12-,13-/m1/s1. The van der Waals surface area contributed by atoms with Gasteiger partial charge in [-0.2, -0.15) is 0 Å². The highest BCUT2D eigenvalue weighted by atomic mass is 32.2. The lowest BCUT2D eigenvalue weighted by Gasteiger charge is -2.26. The number of benzene rings is 1. The van der Waals surface area contributed by atoms with Gasteiger partial charge in [0.2, 0.25) is 0 Å². The number of aliphatic hydroxyl groups excluding tert-OH is 1. The second kappa shape index (κ2) is 5.60. The normalized spacial score (nSPS) is 25.4. The Kier molecular flexibility index (Phi) is 4.13. The monoisotopic (exact) mass is 238 g/mol. The Morgan fingerprint density at radius 3 is 2.88 bits per heavy atom. The molecule has 1 saturated carbocycles. The molecule has 0 bridgehead atoms. The van der Waals surface area contributed by atoms with E-state index in [2.05, 4.69) is 6.07 Å². The van der Waals surface area contributed by atoms with Gasteiger partial charge in [0.15, 0.2) is 0 Å². The summed E-state index contributed by atoms with van der Waals surface area (Å²) in [6, 6.07) is 8.05. The first kappa shape index (κ1) is 11.8. The van der Waals surface area contributed by atoms with Crippen LogP contribution in [0.15, 0.2) is 29.2 Å². The maximum absolute atomic E-state index is 9.90. The summed E-state index contributed by atoms with van der Waals surface area (Å²) in [5.74, 6) is 0.885. The molecule has 0 saturated heterocycles. The van der Waals surface area contributed by atoms with Crippen molar-refractivity contribution < 1.29 is 9.84 Å². The van der Waals surface area contributed by atoms with Crippen molar-refractivity contribution in [1.82, 2.24) is 0 Å². The molecule has 2 rings (SSSR count). The van der Waals surface area contributed by atoms with Crippen LogP contribution < -0.4 is 4.74 Å². The van der Waals surface area contributed by atoms with E-state index >= 15 is 0 Å². The Labute approximate surface area is 101 Å². The largest absolute Gasteiger partial charge is 0.497 e. The molecule has 2 nitrogen and oxygen atoms in total. The maximum Gasteiger partial charge on any atom is 0.119 e. The van der Waals surface area contributed by atoms with Gasteiger partial charge < -0.3 is 9.84 Å². The van der Waals surface area contributed by atoms with Crippen molar-refractivity contribution in [2.24, 2.45) is 0 Å². The van der Waals surface area contributed by atoms with Gasteiger partial charge in [-0.05, 0) is 31.0 Å². The van der Waals surface area contributed by atoms with Crippen LogP contribution in [-0.2, 0) is 0 Å². The Bertz CT molecular complexity index is 340. The minimum atomic E-state index is -0.148. The Balaban J connectivity index is 2.01. The predicted octanol–water partition coefficient (Wildman–Crippen LogP) is 3.09. The molecule has 1 aliphatic rings. The van der Waals surface area contributed by atoms with Crippen LogP contribution in [0, 0.1) is 0 Å². The first-order chi connectivity index (χ1) is 7.79. The minimum absolute atomic E-state index is 0.148. The number of rotatable bonds is 3. The second-order valence-corrected chi connectivity index (χ2v) is 5.50. The smallest absolute Gasteiger partial charge is 0.119 e. The predicted molar refractivity (Wildman–Crippen MR) is 67.1 cm³/mol. The number of ether oxygens (including phenoxy) is 1. The zero-order valence-electron chi connectivity index (χ0n) is 9.56. The van der Waals surface area contributed by atoms with Crippen molar-refractivity contribution in [2.75, 3.05) is 7.11 Å². The molecule has 1 aromatic carbocycles. The average Bonchev–Trinajstić information content (AvgIpc) is 2.32. The molecule has 0 radical (unpaired) electrons. The molecule has 0 spiro atoms. The SMILES string of the molecule is COc1cccc(S[C@@H]2CCCC[C@H]2O)c1. The van der Waals surface area contributed by atoms with Gasteiger partial charge in [0.25, 0.3) is 0 Å². The van der Waals surface area contributed by atoms with E-state index in [1.807, 2.05) is 18.2 Å². The number of methoxy groups -OCH3 is 1. The van der Waals surface area contributed by atoms with Crippen molar-refractivity contribution in [3.63, 3.8) is 0 Å². The molecular weight excluding hydrogens is 220 g/mol. The fourth-order valence-corrected chi connectivity index (χ4v) is 3.33. The molecule has 0 heterocycles. The molecule has 16 heavy (non-hydrogen) atoms. The quantitative estimate of drug-likeness (QED) is 0.877. The van der Waals surface area contributed by atoms with Crippen LogP contribution in [-0.4, -0.2) is 23.6 Å². The zero-order valence-corrected chi connectivity index (χ0v) is 10.4. The third-order valence-electron chi connectivity index (χ3n) is 3.00. The number of hydrogen-bond acceptors (Lipinski definition) is 3. The summed E-state index contributed by atoms with van der Waals surface area (Å²) in [6.45, 7) is 0. The number of hydrogen-bond donors (Lipinski definition) is 1. The fourth-order valence-electron chi connectivity index (χ4n) is 2.06. The van der Waals surface area contributed by atoms with Crippen molar-refractivity contribution in [3.05, 3.63) is 24.3 Å². The van der Waals surface area contributed by atoms with E-state index in [1.165, 1.54) is 11.3 Å². The highest BCUT2D eigenvalue weighted by molar-refractivity contribution is 8.00. The Morgan fingerprint density at radius 2 is 2.12 bits per heavy atom. The summed E-state index contributed by atoms with van der Waals surface area (Å²) in [7, 11) is 1.68. The Hall–Kier alpha value is -0.670. The van der Waals surface area contributed by atoms with Crippen molar-refractivity contribution in [2.45, 2.75) is 41.9 Å². The zero-order chi connectivity index (χ0) is 11.4. The van der Waals surface area contributed by atoms with Crippen LogP contribution >= 0.6 is 11.8 Å². The van der Waals surface area contributed by atoms with Crippen LogP contribution in [0.25, 0.3) is 0 Å². The summed E-state index contributed by atoms with van der Waals surface area (Å²) in [5, 5.41) is 10.3. The van der Waals surface area contributed by atoms with Gasteiger partial charge in [-0.15, -0.1) is 11.8 Å². The summed E-state index contributed by atoms with van der Waals surface area (Å²) in [4.78, 5) is 1.19. The van der Waals surface area contributed by atoms with Gasteiger partial charge in [-0.25, -0.2) is 0 Å². The molecule has 0 aliphatic heterocycles. The van der Waals surface area contributed by atoms with Crippen molar-refractivity contribution >= 4 is 11.8 Å². The molecule has 1 aliphatic carbocycles. The summed E-state index contributed by atoms with van der Waals surface area (Å²) in [5.41, 5.74) is 0. The fraction of sp³-hybridized carbons (Fsp3) is 0.538. The molecule has 1 N–H and O–H groups in total. The van der Waals surface area contributed by atoms with E-state index < -0.39 is 0 Å². The molecule has 88 valence electrons. The van der Waals surface area contributed by atoms with Gasteiger partial charge in [0.1, 0.15) is 5.75 Å². The van der Waals surface area contributed by atoms with E-state index in [9.17, 15) is 5.11 Å². The third kappa shape index (κ3) is 2.92. The van der Waals surface area contributed by atoms with E-state index in [4.69, 9.17) is 4.74 Å². The van der Waals surface area contributed by atoms with Crippen LogP contribution in [0.4, 0.5) is 0 Å². The molecule has 2 atom stereocenters. The van der Waals surface area contributed by atoms with Gasteiger partial charge in [-0.3, -0.25) is 0 Å². The Morgan fingerprint density at radius 1 is 1.31 bits per heavy atom. The van der Waals surface area contributed by atoms with E-state index in [0.29, 0.717) is 5.25 Å². The van der Waals surface area contributed by atoms with E-state index in [-0.39, 0.29) is 6.10 Å². The third-order valence-corrected chi connectivity index (χ3v) is 4.38. The van der Waals surface area contributed by atoms with Gasteiger partial charge in [-0.1, -0.05) is 18.9 Å². The highest BCUT2D eigenvalue weighted by Crippen LogP contribution is 2.34. The number of aliphatic hydroxyl groups is 1. The molecule has 0 unspecified atom stereocenters. The maximum atomic E-state index is 9.90. The summed E-state index contributed by atoms with van der Waals surface area (Å²) >= 11 is 1.77.